The third-order valence-corrected chi connectivity index (χ3v) is 9.91. The van der Waals surface area contributed by atoms with Crippen molar-refractivity contribution in [2.45, 2.75) is 62.1 Å². The summed E-state index contributed by atoms with van der Waals surface area (Å²) in [6, 6.07) is 12.0. The first kappa shape index (κ1) is 25.7. The summed E-state index contributed by atoms with van der Waals surface area (Å²) >= 11 is 6.83. The molecule has 202 valence electrons. The van der Waals surface area contributed by atoms with Gasteiger partial charge in [0.1, 0.15) is 5.75 Å². The molecule has 1 spiro atoms. The normalized spacial score (nSPS) is 32.4. The zero-order chi connectivity index (χ0) is 26.5. The average molecular weight is 538 g/mol. The molecular formula is C31H36ClNO5. The van der Waals surface area contributed by atoms with Gasteiger partial charge in [-0.05, 0) is 67.2 Å². The second kappa shape index (κ2) is 9.89. The van der Waals surface area contributed by atoms with Gasteiger partial charge in [0.2, 0.25) is 0 Å². The van der Waals surface area contributed by atoms with Crippen molar-refractivity contribution >= 4 is 23.3 Å². The van der Waals surface area contributed by atoms with Crippen LogP contribution in [0.1, 0.15) is 60.0 Å². The van der Waals surface area contributed by atoms with Crippen LogP contribution in [0.3, 0.4) is 0 Å². The van der Waals surface area contributed by atoms with Crippen LogP contribution in [0.2, 0.25) is 5.02 Å². The van der Waals surface area contributed by atoms with E-state index in [0.29, 0.717) is 55.9 Å². The van der Waals surface area contributed by atoms with Crippen molar-refractivity contribution in [1.82, 2.24) is 0 Å². The average Bonchev–Trinajstić information content (AvgIpc) is 3.05. The standard InChI is InChI=1S/C31H36ClNO5/c1-2-31(36)14-15-37-26(16-31)22-10-9-21(22)17-33-18-30(13-5-7-20-6-3-4-8-24(20)30)19-38-25-12-11-23(29(34)35)27(32)28(25)33/h2-4,6,8,11-12,21-22,26,36H,1,5,7,9-10,13-19H2,(H,34,35)/t21-,22+,26+,30-,31-/m0/s1. The van der Waals surface area contributed by atoms with Gasteiger partial charge in [0, 0.05) is 31.3 Å². The predicted octanol–water partition coefficient (Wildman–Crippen LogP) is 5.63. The molecule has 0 radical (unpaired) electrons. The Hall–Kier alpha value is -2.54. The highest BCUT2D eigenvalue weighted by molar-refractivity contribution is 6.36. The van der Waals surface area contributed by atoms with Crippen molar-refractivity contribution in [3.05, 3.63) is 70.8 Å². The Labute approximate surface area is 229 Å². The fourth-order valence-corrected chi connectivity index (χ4v) is 7.61. The van der Waals surface area contributed by atoms with E-state index in [2.05, 4.69) is 35.7 Å². The van der Waals surface area contributed by atoms with Crippen LogP contribution in [-0.4, -0.2) is 54.2 Å². The molecule has 2 aliphatic carbocycles. The lowest BCUT2D eigenvalue weighted by Gasteiger charge is -2.48. The lowest BCUT2D eigenvalue weighted by molar-refractivity contribution is -0.125. The quantitative estimate of drug-likeness (QED) is 0.481. The molecule has 1 saturated heterocycles. The molecule has 5 atom stereocenters. The number of halogens is 1. The molecule has 1 saturated carbocycles. The molecule has 7 heteroatoms. The number of rotatable bonds is 5. The Morgan fingerprint density at radius 1 is 1.21 bits per heavy atom. The van der Waals surface area contributed by atoms with Crippen molar-refractivity contribution in [1.29, 1.82) is 0 Å². The van der Waals surface area contributed by atoms with E-state index >= 15 is 0 Å². The SMILES string of the molecule is C=C[C@]1(O)CCO[C@@H]([C@@H]2CC[C@H]2CN2C[C@@]3(CCCc4ccccc43)COc3ccc(C(=O)O)c(Cl)c32)C1. The van der Waals surface area contributed by atoms with E-state index in [-0.39, 0.29) is 22.1 Å². The van der Waals surface area contributed by atoms with Gasteiger partial charge in [0.05, 0.1) is 41.2 Å². The second-order valence-corrected chi connectivity index (χ2v) is 12.1. The van der Waals surface area contributed by atoms with Crippen LogP contribution >= 0.6 is 11.6 Å². The van der Waals surface area contributed by atoms with Crippen LogP contribution in [0.15, 0.2) is 49.1 Å². The third kappa shape index (κ3) is 4.41. The molecule has 0 bridgehead atoms. The largest absolute Gasteiger partial charge is 0.490 e. The first-order valence-corrected chi connectivity index (χ1v) is 14.2. The molecule has 2 fully saturated rings. The lowest BCUT2D eigenvalue weighted by atomic mass is 9.67. The Balaban J connectivity index is 1.36. The van der Waals surface area contributed by atoms with Crippen LogP contribution in [0.5, 0.6) is 5.75 Å². The number of anilines is 1. The third-order valence-electron chi connectivity index (χ3n) is 9.52. The van der Waals surface area contributed by atoms with E-state index in [1.165, 1.54) is 11.1 Å². The molecule has 2 N–H and O–H groups in total. The minimum atomic E-state index is -1.04. The van der Waals surface area contributed by atoms with Gasteiger partial charge in [-0.3, -0.25) is 0 Å². The number of aryl methyl sites for hydroxylation is 1. The number of aromatic carboxylic acids is 1. The van der Waals surface area contributed by atoms with E-state index in [0.717, 1.165) is 38.6 Å². The summed E-state index contributed by atoms with van der Waals surface area (Å²) in [6.07, 6.45) is 8.06. The maximum Gasteiger partial charge on any atom is 0.337 e. The molecule has 2 aromatic rings. The molecule has 38 heavy (non-hydrogen) atoms. The number of hydrogen-bond donors (Lipinski definition) is 2. The summed E-state index contributed by atoms with van der Waals surface area (Å²) in [7, 11) is 0. The van der Waals surface area contributed by atoms with Crippen LogP contribution in [-0.2, 0) is 16.6 Å². The van der Waals surface area contributed by atoms with Gasteiger partial charge in [0.25, 0.3) is 0 Å². The Bertz CT molecular complexity index is 1250. The number of carbonyl (C=O) groups is 1. The molecule has 0 aromatic heterocycles. The minimum Gasteiger partial charge on any atom is -0.490 e. The van der Waals surface area contributed by atoms with Gasteiger partial charge in [0.15, 0.2) is 0 Å². The summed E-state index contributed by atoms with van der Waals surface area (Å²) in [4.78, 5) is 14.3. The van der Waals surface area contributed by atoms with E-state index in [1.807, 2.05) is 0 Å². The molecule has 2 heterocycles. The van der Waals surface area contributed by atoms with Crippen molar-refractivity contribution in [3.63, 3.8) is 0 Å². The maximum absolute atomic E-state index is 12.0. The summed E-state index contributed by atoms with van der Waals surface area (Å²) in [5.41, 5.74) is 2.40. The number of ether oxygens (including phenoxy) is 2. The van der Waals surface area contributed by atoms with Crippen LogP contribution in [0, 0.1) is 11.8 Å². The summed E-state index contributed by atoms with van der Waals surface area (Å²) in [5.74, 6) is 0.273. The van der Waals surface area contributed by atoms with Gasteiger partial charge >= 0.3 is 5.97 Å². The predicted molar refractivity (Wildman–Crippen MR) is 148 cm³/mol. The molecule has 6 rings (SSSR count). The van der Waals surface area contributed by atoms with Gasteiger partial charge in [-0.25, -0.2) is 4.79 Å². The molecule has 4 aliphatic rings. The zero-order valence-corrected chi connectivity index (χ0v) is 22.5. The number of carboxylic acids is 1. The number of hydrogen-bond acceptors (Lipinski definition) is 5. The van der Waals surface area contributed by atoms with Gasteiger partial charge in [-0.1, -0.05) is 41.9 Å². The van der Waals surface area contributed by atoms with Gasteiger partial charge in [-0.2, -0.15) is 0 Å². The molecule has 0 amide bonds. The second-order valence-electron chi connectivity index (χ2n) is 11.7. The summed E-state index contributed by atoms with van der Waals surface area (Å²) in [6.45, 7) is 6.36. The van der Waals surface area contributed by atoms with Crippen molar-refractivity contribution < 1.29 is 24.5 Å². The number of fused-ring (bicyclic) bond motifs is 3. The fraction of sp³-hybridized carbons (Fsp3) is 0.516. The molecular weight excluding hydrogens is 502 g/mol. The van der Waals surface area contributed by atoms with Crippen molar-refractivity contribution in [2.75, 3.05) is 31.2 Å². The van der Waals surface area contributed by atoms with E-state index < -0.39 is 11.6 Å². The van der Waals surface area contributed by atoms with Crippen molar-refractivity contribution in [3.8, 4) is 5.75 Å². The van der Waals surface area contributed by atoms with E-state index in [9.17, 15) is 15.0 Å². The fourth-order valence-electron chi connectivity index (χ4n) is 7.26. The number of carboxylic acid groups (broad SMARTS) is 1. The highest BCUT2D eigenvalue weighted by Crippen LogP contribution is 2.49. The monoisotopic (exact) mass is 537 g/mol. The topological polar surface area (TPSA) is 79.2 Å². The molecule has 2 aliphatic heterocycles. The molecule has 2 aromatic carbocycles. The Kier molecular flexibility index (Phi) is 6.69. The summed E-state index contributed by atoms with van der Waals surface area (Å²) in [5, 5.41) is 20.9. The minimum absolute atomic E-state index is 0.0154. The Morgan fingerprint density at radius 3 is 2.82 bits per heavy atom. The van der Waals surface area contributed by atoms with Crippen LogP contribution in [0.4, 0.5) is 5.69 Å². The first-order valence-electron chi connectivity index (χ1n) is 13.8. The van der Waals surface area contributed by atoms with E-state index in [4.69, 9.17) is 21.1 Å². The smallest absolute Gasteiger partial charge is 0.337 e. The summed E-state index contributed by atoms with van der Waals surface area (Å²) < 4.78 is 12.6. The van der Waals surface area contributed by atoms with Gasteiger partial charge in [-0.15, -0.1) is 6.58 Å². The van der Waals surface area contributed by atoms with Gasteiger partial charge < -0.3 is 24.6 Å². The molecule has 6 nitrogen and oxygen atoms in total. The highest BCUT2D eigenvalue weighted by Gasteiger charge is 2.47. The lowest BCUT2D eigenvalue weighted by Crippen LogP contribution is -2.52. The Morgan fingerprint density at radius 2 is 2.05 bits per heavy atom. The highest BCUT2D eigenvalue weighted by atomic mass is 35.5. The first-order chi connectivity index (χ1) is 18.3. The van der Waals surface area contributed by atoms with Crippen molar-refractivity contribution in [2.24, 2.45) is 11.8 Å². The van der Waals surface area contributed by atoms with Crippen LogP contribution < -0.4 is 9.64 Å². The number of nitrogens with zero attached hydrogens (tertiary/aromatic N) is 1. The van der Waals surface area contributed by atoms with Crippen LogP contribution in [0.25, 0.3) is 0 Å². The zero-order valence-electron chi connectivity index (χ0n) is 21.7. The number of benzene rings is 2. The number of aliphatic hydroxyl groups is 1. The maximum atomic E-state index is 12.0. The molecule has 0 unspecified atom stereocenters. The van der Waals surface area contributed by atoms with E-state index in [1.54, 1.807) is 18.2 Å².